The Morgan fingerprint density at radius 1 is 1.41 bits per heavy atom. The Balaban J connectivity index is 1.56. The van der Waals surface area contributed by atoms with Crippen LogP contribution < -0.4 is 5.32 Å². The number of methoxy groups -OCH3 is 1. The Labute approximate surface area is 184 Å². The van der Waals surface area contributed by atoms with Gasteiger partial charge in [0.05, 0.1) is 24.6 Å². The van der Waals surface area contributed by atoms with E-state index in [0.717, 1.165) is 12.8 Å². The van der Waals surface area contributed by atoms with Crippen molar-refractivity contribution in [3.05, 3.63) is 35.8 Å². The second kappa shape index (κ2) is 9.18. The molecule has 32 heavy (non-hydrogen) atoms. The molecule has 9 nitrogen and oxygen atoms in total. The highest BCUT2D eigenvalue weighted by molar-refractivity contribution is 5.94. The fourth-order valence-electron chi connectivity index (χ4n) is 4.09. The molecule has 1 saturated heterocycles. The van der Waals surface area contributed by atoms with Crippen molar-refractivity contribution in [2.75, 3.05) is 25.5 Å². The predicted octanol–water partition coefficient (Wildman–Crippen LogP) is 3.64. The molecule has 1 aliphatic rings. The van der Waals surface area contributed by atoms with E-state index in [1.54, 1.807) is 17.2 Å². The third-order valence-electron chi connectivity index (χ3n) is 5.94. The monoisotopic (exact) mass is 437 g/mol. The molecule has 0 bridgehead atoms. The Bertz CT molecular complexity index is 1160. The minimum Gasteiger partial charge on any atom is -0.453 e. The summed E-state index contributed by atoms with van der Waals surface area (Å²) in [6.45, 7) is 2.72. The normalized spacial score (nSPS) is 15.4. The number of ether oxygens (including phenoxy) is 1. The van der Waals surface area contributed by atoms with Crippen molar-refractivity contribution in [2.24, 2.45) is 5.92 Å². The van der Waals surface area contributed by atoms with Crippen molar-refractivity contribution >= 4 is 23.1 Å². The number of aromatic nitrogens is 4. The van der Waals surface area contributed by atoms with Crippen LogP contribution in [0.5, 0.6) is 0 Å². The summed E-state index contributed by atoms with van der Waals surface area (Å²) in [6.07, 6.45) is 6.07. The number of carbonyl (C=O) groups excluding carboxylic acids is 1. The molecule has 0 radical (unpaired) electrons. The van der Waals surface area contributed by atoms with Gasteiger partial charge in [-0.3, -0.25) is 0 Å². The number of nitrogens with one attached hydrogen (secondary N) is 2. The molecule has 10 heteroatoms. The van der Waals surface area contributed by atoms with Gasteiger partial charge in [-0.2, -0.15) is 5.26 Å². The number of pyridine rings is 1. The van der Waals surface area contributed by atoms with Gasteiger partial charge in [-0.1, -0.05) is 0 Å². The third-order valence-corrected chi connectivity index (χ3v) is 5.94. The lowest BCUT2D eigenvalue weighted by atomic mass is 9.90. The van der Waals surface area contributed by atoms with Crippen molar-refractivity contribution < 1.29 is 13.9 Å². The molecule has 166 valence electrons. The van der Waals surface area contributed by atoms with Crippen molar-refractivity contribution in [1.29, 1.82) is 5.26 Å². The van der Waals surface area contributed by atoms with E-state index in [4.69, 9.17) is 4.74 Å². The number of nitriles is 1. The second-order valence-corrected chi connectivity index (χ2v) is 7.87. The van der Waals surface area contributed by atoms with Crippen LogP contribution in [0.15, 0.2) is 24.7 Å². The molecule has 1 unspecified atom stereocenters. The topological polar surface area (TPSA) is 120 Å². The summed E-state index contributed by atoms with van der Waals surface area (Å²) in [7, 11) is 1.39. The SMILES string of the molecule is COC(=O)N1CCC(C(C)Nc2ncc(C#N)c(-c3c[nH]c4ncc(CF)cc34)n2)CC1. The maximum atomic E-state index is 13.1. The number of H-pyrrole nitrogens is 1. The molecular weight excluding hydrogens is 413 g/mol. The Morgan fingerprint density at radius 3 is 2.88 bits per heavy atom. The average molecular weight is 437 g/mol. The number of alkyl halides is 1. The zero-order valence-electron chi connectivity index (χ0n) is 17.9. The number of rotatable bonds is 5. The van der Waals surface area contributed by atoms with Crippen molar-refractivity contribution in [1.82, 2.24) is 24.8 Å². The summed E-state index contributed by atoms with van der Waals surface area (Å²) >= 11 is 0. The number of aromatic amines is 1. The molecule has 4 rings (SSSR count). The van der Waals surface area contributed by atoms with Gasteiger partial charge in [0.2, 0.25) is 5.95 Å². The molecule has 4 heterocycles. The van der Waals surface area contributed by atoms with Crippen molar-refractivity contribution in [2.45, 2.75) is 32.5 Å². The number of amides is 1. The lowest BCUT2D eigenvalue weighted by Crippen LogP contribution is -2.42. The summed E-state index contributed by atoms with van der Waals surface area (Å²) in [5.74, 6) is 0.744. The predicted molar refractivity (Wildman–Crippen MR) is 116 cm³/mol. The van der Waals surface area contributed by atoms with Crippen LogP contribution in [0, 0.1) is 17.2 Å². The highest BCUT2D eigenvalue weighted by Crippen LogP contribution is 2.30. The fraction of sp³-hybridized carbons (Fsp3) is 0.409. The Hall–Kier alpha value is -3.74. The summed E-state index contributed by atoms with van der Waals surface area (Å²) in [5.41, 5.74) is 2.50. The first kappa shape index (κ1) is 21.5. The van der Waals surface area contributed by atoms with E-state index in [9.17, 15) is 14.4 Å². The van der Waals surface area contributed by atoms with Crippen molar-refractivity contribution in [3.8, 4) is 17.3 Å². The minimum absolute atomic E-state index is 0.0679. The van der Waals surface area contributed by atoms with Gasteiger partial charge in [0, 0.05) is 48.0 Å². The number of likely N-dealkylation sites (tertiary alicyclic amines) is 1. The van der Waals surface area contributed by atoms with Gasteiger partial charge < -0.3 is 19.9 Å². The number of hydrogen-bond acceptors (Lipinski definition) is 7. The Morgan fingerprint density at radius 2 is 2.19 bits per heavy atom. The highest BCUT2D eigenvalue weighted by Gasteiger charge is 2.27. The molecule has 2 N–H and O–H groups in total. The van der Waals surface area contributed by atoms with E-state index >= 15 is 0 Å². The van der Waals surface area contributed by atoms with Gasteiger partial charge in [-0.25, -0.2) is 24.1 Å². The number of halogens is 1. The zero-order valence-corrected chi connectivity index (χ0v) is 17.9. The molecule has 0 aliphatic carbocycles. The highest BCUT2D eigenvalue weighted by atomic mass is 19.1. The van der Waals surface area contributed by atoms with Crippen LogP contribution in [-0.2, 0) is 11.4 Å². The molecule has 3 aromatic rings. The summed E-state index contributed by atoms with van der Waals surface area (Å²) < 4.78 is 17.9. The molecule has 1 atom stereocenters. The van der Waals surface area contributed by atoms with E-state index in [1.165, 1.54) is 19.5 Å². The zero-order chi connectivity index (χ0) is 22.7. The van der Waals surface area contributed by atoms with Crippen LogP contribution in [0.2, 0.25) is 0 Å². The molecule has 3 aromatic heterocycles. The maximum absolute atomic E-state index is 13.1. The summed E-state index contributed by atoms with van der Waals surface area (Å²) in [6, 6.07) is 3.91. The number of nitrogens with zero attached hydrogens (tertiary/aromatic N) is 5. The fourth-order valence-corrected chi connectivity index (χ4v) is 4.09. The number of anilines is 1. The number of fused-ring (bicyclic) bond motifs is 1. The minimum atomic E-state index is -0.623. The average Bonchev–Trinajstić information content (AvgIpc) is 3.26. The first-order valence-electron chi connectivity index (χ1n) is 10.4. The smallest absolute Gasteiger partial charge is 0.409 e. The van der Waals surface area contributed by atoms with Gasteiger partial charge in [-0.15, -0.1) is 0 Å². The van der Waals surface area contributed by atoms with Gasteiger partial charge >= 0.3 is 6.09 Å². The molecule has 1 aliphatic heterocycles. The van der Waals surface area contributed by atoms with E-state index in [-0.39, 0.29) is 12.1 Å². The summed E-state index contributed by atoms with van der Waals surface area (Å²) in [4.78, 5) is 29.6. The van der Waals surface area contributed by atoms with Crippen LogP contribution in [0.1, 0.15) is 30.9 Å². The molecule has 0 aromatic carbocycles. The van der Waals surface area contributed by atoms with Crippen LogP contribution in [0.3, 0.4) is 0 Å². The standard InChI is InChI=1S/C22H24FN7O2/c1-13(15-3-5-30(6-4-15)22(31)32-2)28-21-27-11-16(9-24)19(29-21)18-12-26-20-17(18)7-14(8-23)10-25-20/h7,10-13,15H,3-6,8H2,1-2H3,(H,25,26)(H,27,28,29). The number of hydrogen-bond donors (Lipinski definition) is 2. The molecule has 0 saturated carbocycles. The van der Waals surface area contributed by atoms with E-state index in [1.807, 2.05) is 0 Å². The van der Waals surface area contributed by atoms with Crippen LogP contribution >= 0.6 is 0 Å². The lowest BCUT2D eigenvalue weighted by Gasteiger charge is -2.34. The first-order valence-corrected chi connectivity index (χ1v) is 10.4. The Kier molecular flexibility index (Phi) is 6.16. The number of piperidine rings is 1. The second-order valence-electron chi connectivity index (χ2n) is 7.87. The maximum Gasteiger partial charge on any atom is 0.409 e. The van der Waals surface area contributed by atoms with E-state index < -0.39 is 6.67 Å². The van der Waals surface area contributed by atoms with E-state index in [2.05, 4.69) is 38.2 Å². The third kappa shape index (κ3) is 4.19. The summed E-state index contributed by atoms with van der Waals surface area (Å²) in [5, 5.41) is 13.6. The van der Waals surface area contributed by atoms with Gasteiger partial charge in [-0.05, 0) is 31.7 Å². The molecular formula is C22H24FN7O2. The molecule has 1 amide bonds. The van der Waals surface area contributed by atoms with E-state index in [0.29, 0.717) is 58.4 Å². The van der Waals surface area contributed by atoms with Crippen molar-refractivity contribution in [3.63, 3.8) is 0 Å². The quantitative estimate of drug-likeness (QED) is 0.625. The largest absolute Gasteiger partial charge is 0.453 e. The molecule has 0 spiro atoms. The first-order chi connectivity index (χ1) is 15.5. The van der Waals surface area contributed by atoms with Crippen LogP contribution in [0.4, 0.5) is 15.1 Å². The van der Waals surface area contributed by atoms with Gasteiger partial charge in [0.1, 0.15) is 18.4 Å². The number of carbonyl (C=O) groups is 1. The molecule has 1 fully saturated rings. The lowest BCUT2D eigenvalue weighted by molar-refractivity contribution is 0.104. The van der Waals surface area contributed by atoms with Gasteiger partial charge in [0.15, 0.2) is 0 Å². The van der Waals surface area contributed by atoms with Crippen LogP contribution in [-0.4, -0.2) is 57.2 Å². The van der Waals surface area contributed by atoms with Gasteiger partial charge in [0.25, 0.3) is 0 Å². The van der Waals surface area contributed by atoms with Crippen LogP contribution in [0.25, 0.3) is 22.3 Å².